The third kappa shape index (κ3) is 5.22. The maximum atomic E-state index is 13.5. The van der Waals surface area contributed by atoms with Gasteiger partial charge in [-0.1, -0.05) is 24.3 Å². The lowest BCUT2D eigenvalue weighted by Crippen LogP contribution is -2.44. The number of aryl methyl sites for hydroxylation is 1. The molecule has 1 saturated heterocycles. The van der Waals surface area contributed by atoms with Gasteiger partial charge in [0.05, 0.1) is 5.41 Å². The number of amides is 3. The Morgan fingerprint density at radius 3 is 2.74 bits per heavy atom. The van der Waals surface area contributed by atoms with E-state index in [0.717, 1.165) is 17.5 Å². The lowest BCUT2D eigenvalue weighted by atomic mass is 9.74. The van der Waals surface area contributed by atoms with Crippen LogP contribution >= 0.6 is 11.3 Å². The molecule has 3 amide bonds. The summed E-state index contributed by atoms with van der Waals surface area (Å²) in [6, 6.07) is 9.50. The molecule has 2 aromatic rings. The minimum Gasteiger partial charge on any atom is -0.385 e. The van der Waals surface area contributed by atoms with Crippen LogP contribution in [-0.2, 0) is 31.0 Å². The van der Waals surface area contributed by atoms with Crippen LogP contribution in [0.2, 0.25) is 0 Å². The van der Waals surface area contributed by atoms with Gasteiger partial charge in [-0.3, -0.25) is 19.3 Å². The summed E-state index contributed by atoms with van der Waals surface area (Å²) < 4.78 is 5.07. The van der Waals surface area contributed by atoms with E-state index in [9.17, 15) is 14.4 Å². The maximum absolute atomic E-state index is 13.5. The third-order valence-electron chi connectivity index (χ3n) is 5.79. The number of hydrogen-bond donors (Lipinski definition) is 1. The van der Waals surface area contributed by atoms with E-state index in [0.29, 0.717) is 19.6 Å². The molecule has 1 aliphatic rings. The van der Waals surface area contributed by atoms with E-state index in [4.69, 9.17) is 4.74 Å². The molecule has 31 heavy (non-hydrogen) atoms. The molecule has 0 radical (unpaired) electrons. The van der Waals surface area contributed by atoms with Crippen LogP contribution in [0.1, 0.15) is 42.9 Å². The lowest BCUT2D eigenvalue weighted by molar-refractivity contribution is -0.141. The second-order valence-electron chi connectivity index (χ2n) is 8.25. The van der Waals surface area contributed by atoms with Gasteiger partial charge >= 0.3 is 0 Å². The van der Waals surface area contributed by atoms with Gasteiger partial charge in [0.15, 0.2) is 0 Å². The van der Waals surface area contributed by atoms with Crippen LogP contribution in [0.5, 0.6) is 0 Å². The molecule has 0 saturated carbocycles. The molecule has 6 nitrogen and oxygen atoms in total. The largest absolute Gasteiger partial charge is 0.385 e. The average Bonchev–Trinajstić information content (AvgIpc) is 3.30. The first-order valence-corrected chi connectivity index (χ1v) is 11.5. The number of hydrogen-bond acceptors (Lipinski definition) is 5. The summed E-state index contributed by atoms with van der Waals surface area (Å²) in [6.45, 7) is 4.64. The summed E-state index contributed by atoms with van der Waals surface area (Å²) in [6.07, 6.45) is 1.26. The van der Waals surface area contributed by atoms with E-state index < -0.39 is 5.41 Å². The second kappa shape index (κ2) is 10.2. The first-order valence-electron chi connectivity index (χ1n) is 10.6. The highest BCUT2D eigenvalue weighted by Gasteiger charge is 2.54. The van der Waals surface area contributed by atoms with Crippen LogP contribution in [0.15, 0.2) is 41.1 Å². The maximum Gasteiger partial charge on any atom is 0.240 e. The molecule has 166 valence electrons. The highest BCUT2D eigenvalue weighted by molar-refractivity contribution is 7.07. The van der Waals surface area contributed by atoms with Gasteiger partial charge in [0.1, 0.15) is 0 Å². The van der Waals surface area contributed by atoms with E-state index in [1.54, 1.807) is 18.4 Å². The zero-order chi connectivity index (χ0) is 22.4. The summed E-state index contributed by atoms with van der Waals surface area (Å²) in [5.74, 6) is -0.738. The smallest absolute Gasteiger partial charge is 0.240 e. The number of methoxy groups -OCH3 is 1. The van der Waals surface area contributed by atoms with Crippen molar-refractivity contribution >= 4 is 29.1 Å². The van der Waals surface area contributed by atoms with E-state index in [2.05, 4.69) is 10.7 Å². The fourth-order valence-corrected chi connectivity index (χ4v) is 5.04. The normalized spacial score (nSPS) is 19.6. The van der Waals surface area contributed by atoms with Crippen molar-refractivity contribution in [3.05, 3.63) is 57.8 Å². The van der Waals surface area contributed by atoms with Gasteiger partial charge in [0.2, 0.25) is 17.7 Å². The van der Waals surface area contributed by atoms with Gasteiger partial charge in [0, 0.05) is 39.1 Å². The summed E-state index contributed by atoms with van der Waals surface area (Å²) in [7, 11) is 1.59. The van der Waals surface area contributed by atoms with Gasteiger partial charge < -0.3 is 10.1 Å². The summed E-state index contributed by atoms with van der Waals surface area (Å²) >= 11 is 1.62. The monoisotopic (exact) mass is 442 g/mol. The summed E-state index contributed by atoms with van der Waals surface area (Å²) in [5, 5.41) is 7.10. The molecule has 2 atom stereocenters. The Bertz CT molecular complexity index is 927. The van der Waals surface area contributed by atoms with Crippen LogP contribution in [0.4, 0.5) is 0 Å². The molecule has 1 aromatic carbocycles. The number of thiophene rings is 1. The number of carbonyl (C=O) groups excluding carboxylic acids is 3. The number of carbonyl (C=O) groups is 3. The summed E-state index contributed by atoms with van der Waals surface area (Å²) in [4.78, 5) is 40.7. The molecule has 7 heteroatoms. The SMILES string of the molecule is COCCCN1C(=O)C[C@@](CC(=O)N[C@@H](C)Cc2ccsc2)(c2ccccc2C)C1=O. The Hall–Kier alpha value is -2.51. The van der Waals surface area contributed by atoms with Crippen molar-refractivity contribution in [2.24, 2.45) is 0 Å². The topological polar surface area (TPSA) is 75.7 Å². The fourth-order valence-electron chi connectivity index (χ4n) is 4.36. The number of nitrogens with zero attached hydrogens (tertiary/aromatic N) is 1. The molecule has 1 aromatic heterocycles. The van der Waals surface area contributed by atoms with E-state index in [-0.39, 0.29) is 36.6 Å². The van der Waals surface area contributed by atoms with Gasteiger partial charge in [-0.05, 0) is 60.2 Å². The van der Waals surface area contributed by atoms with Crippen LogP contribution in [0.3, 0.4) is 0 Å². The Labute approximate surface area is 187 Å². The standard InChI is InChI=1S/C24H30N2O4S/c1-17-7-4-5-8-20(17)24(15-22(28)26(23(24)29)10-6-11-30-3)14-21(27)25-18(2)13-19-9-12-31-16-19/h4-5,7-9,12,16,18H,6,10-11,13-15H2,1-3H3,(H,25,27)/t18-,24-/m0/s1. The Balaban J connectivity index is 1.82. The minimum atomic E-state index is -1.16. The molecule has 0 aliphatic carbocycles. The van der Waals surface area contributed by atoms with Crippen LogP contribution < -0.4 is 5.32 Å². The molecule has 0 unspecified atom stereocenters. The number of rotatable bonds is 10. The van der Waals surface area contributed by atoms with E-state index in [1.807, 2.05) is 49.6 Å². The van der Waals surface area contributed by atoms with Crippen molar-refractivity contribution in [2.75, 3.05) is 20.3 Å². The Kier molecular flexibility index (Phi) is 7.62. The quantitative estimate of drug-likeness (QED) is 0.453. The van der Waals surface area contributed by atoms with Gasteiger partial charge in [0.25, 0.3) is 0 Å². The molecule has 1 fully saturated rings. The molecule has 3 rings (SSSR count). The Morgan fingerprint density at radius 2 is 2.06 bits per heavy atom. The predicted molar refractivity (Wildman–Crippen MR) is 121 cm³/mol. The third-order valence-corrected chi connectivity index (χ3v) is 6.52. The van der Waals surface area contributed by atoms with Crippen molar-refractivity contribution in [1.82, 2.24) is 10.2 Å². The summed E-state index contributed by atoms with van der Waals surface area (Å²) in [5.41, 5.74) is 1.66. The average molecular weight is 443 g/mol. The molecule has 1 N–H and O–H groups in total. The first-order chi connectivity index (χ1) is 14.9. The number of benzene rings is 1. The molecular weight excluding hydrogens is 412 g/mol. The van der Waals surface area contributed by atoms with Crippen molar-refractivity contribution < 1.29 is 19.1 Å². The van der Waals surface area contributed by atoms with Crippen LogP contribution in [0.25, 0.3) is 0 Å². The van der Waals surface area contributed by atoms with Crippen molar-refractivity contribution in [2.45, 2.75) is 51.0 Å². The van der Waals surface area contributed by atoms with Gasteiger partial charge in [-0.15, -0.1) is 0 Å². The van der Waals surface area contributed by atoms with Gasteiger partial charge in [-0.25, -0.2) is 0 Å². The lowest BCUT2D eigenvalue weighted by Gasteiger charge is -2.29. The highest BCUT2D eigenvalue weighted by atomic mass is 32.1. The minimum absolute atomic E-state index is 0.00992. The first kappa shape index (κ1) is 23.2. The van der Waals surface area contributed by atoms with E-state index >= 15 is 0 Å². The number of likely N-dealkylation sites (tertiary alicyclic amines) is 1. The molecule has 2 heterocycles. The Morgan fingerprint density at radius 1 is 1.29 bits per heavy atom. The number of ether oxygens (including phenoxy) is 1. The number of imide groups is 1. The number of nitrogens with one attached hydrogen (secondary N) is 1. The van der Waals surface area contributed by atoms with Crippen LogP contribution in [0, 0.1) is 6.92 Å². The highest BCUT2D eigenvalue weighted by Crippen LogP contribution is 2.41. The van der Waals surface area contributed by atoms with Crippen molar-refractivity contribution in [1.29, 1.82) is 0 Å². The fraction of sp³-hybridized carbons (Fsp3) is 0.458. The van der Waals surface area contributed by atoms with Crippen LogP contribution in [-0.4, -0.2) is 48.9 Å². The van der Waals surface area contributed by atoms with E-state index in [1.165, 1.54) is 10.5 Å². The van der Waals surface area contributed by atoms with Crippen molar-refractivity contribution in [3.63, 3.8) is 0 Å². The zero-order valence-electron chi connectivity index (χ0n) is 18.3. The predicted octanol–water partition coefficient (Wildman–Crippen LogP) is 3.23. The van der Waals surface area contributed by atoms with Crippen molar-refractivity contribution in [3.8, 4) is 0 Å². The molecule has 1 aliphatic heterocycles. The second-order valence-corrected chi connectivity index (χ2v) is 9.03. The van der Waals surface area contributed by atoms with Gasteiger partial charge in [-0.2, -0.15) is 11.3 Å². The molecule has 0 spiro atoms. The zero-order valence-corrected chi connectivity index (χ0v) is 19.2. The molecular formula is C24H30N2O4S. The molecule has 0 bridgehead atoms.